The summed E-state index contributed by atoms with van der Waals surface area (Å²) in [5.41, 5.74) is 2.44. The Hall–Kier alpha value is -2.69. The fourth-order valence-corrected chi connectivity index (χ4v) is 3.34. The van der Waals surface area contributed by atoms with Crippen LogP contribution in [-0.2, 0) is 0 Å². The molecular formula is C22H27N3O2. The van der Waals surface area contributed by atoms with Crippen molar-refractivity contribution in [2.24, 2.45) is 0 Å². The molecule has 1 aliphatic rings. The predicted molar refractivity (Wildman–Crippen MR) is 107 cm³/mol. The van der Waals surface area contributed by atoms with E-state index in [4.69, 9.17) is 0 Å². The van der Waals surface area contributed by atoms with E-state index in [1.54, 1.807) is 18.2 Å². The Morgan fingerprint density at radius 3 is 2.19 bits per heavy atom. The van der Waals surface area contributed by atoms with Crippen LogP contribution in [0.4, 0.5) is 5.69 Å². The molecule has 3 rings (SSSR count). The number of aromatic nitrogens is 1. The van der Waals surface area contributed by atoms with Crippen molar-refractivity contribution >= 4 is 17.5 Å². The molecule has 0 unspecified atom stereocenters. The van der Waals surface area contributed by atoms with Gasteiger partial charge in [0.1, 0.15) is 11.4 Å². The number of nitrogens with one attached hydrogen (secondary N) is 2. The van der Waals surface area contributed by atoms with Crippen molar-refractivity contribution in [2.75, 3.05) is 5.32 Å². The number of hydrogen-bond donors (Lipinski definition) is 2. The quantitative estimate of drug-likeness (QED) is 0.818. The summed E-state index contributed by atoms with van der Waals surface area (Å²) in [7, 11) is 0. The monoisotopic (exact) mass is 365 g/mol. The van der Waals surface area contributed by atoms with Crippen LogP contribution >= 0.6 is 0 Å². The lowest BCUT2D eigenvalue weighted by Gasteiger charge is -2.22. The van der Waals surface area contributed by atoms with Crippen molar-refractivity contribution < 1.29 is 9.59 Å². The lowest BCUT2D eigenvalue weighted by atomic mass is 9.95. The van der Waals surface area contributed by atoms with Gasteiger partial charge < -0.3 is 10.6 Å². The van der Waals surface area contributed by atoms with Gasteiger partial charge in [-0.25, -0.2) is 4.98 Å². The van der Waals surface area contributed by atoms with Crippen LogP contribution in [-0.4, -0.2) is 22.8 Å². The summed E-state index contributed by atoms with van der Waals surface area (Å²) in [4.78, 5) is 29.2. The number of benzene rings is 1. The van der Waals surface area contributed by atoms with Crippen LogP contribution in [0.15, 0.2) is 42.5 Å². The number of rotatable bonds is 5. The second-order valence-electron chi connectivity index (χ2n) is 7.45. The second-order valence-corrected chi connectivity index (χ2v) is 7.45. The van der Waals surface area contributed by atoms with E-state index < -0.39 is 0 Å². The SMILES string of the molecule is CC(C)c1ccc(NC(=O)c2cccc(C(=O)NC3CCCCC3)n2)cc1. The first-order chi connectivity index (χ1) is 13.0. The number of nitrogens with zero attached hydrogens (tertiary/aromatic N) is 1. The molecule has 0 bridgehead atoms. The van der Waals surface area contributed by atoms with Gasteiger partial charge in [-0.1, -0.05) is 51.3 Å². The highest BCUT2D eigenvalue weighted by Gasteiger charge is 2.18. The molecule has 5 heteroatoms. The smallest absolute Gasteiger partial charge is 0.274 e. The first-order valence-electron chi connectivity index (χ1n) is 9.72. The zero-order chi connectivity index (χ0) is 19.2. The summed E-state index contributed by atoms with van der Waals surface area (Å²) in [6.45, 7) is 4.25. The predicted octanol–water partition coefficient (Wildman–Crippen LogP) is 4.52. The molecule has 1 aromatic heterocycles. The highest BCUT2D eigenvalue weighted by Crippen LogP contribution is 2.19. The van der Waals surface area contributed by atoms with Gasteiger partial charge in [0, 0.05) is 11.7 Å². The minimum absolute atomic E-state index is 0.210. The number of hydrogen-bond acceptors (Lipinski definition) is 3. The average molecular weight is 365 g/mol. The van der Waals surface area contributed by atoms with Gasteiger partial charge in [-0.3, -0.25) is 9.59 Å². The molecule has 0 radical (unpaired) electrons. The van der Waals surface area contributed by atoms with E-state index >= 15 is 0 Å². The first kappa shape index (κ1) is 19.1. The van der Waals surface area contributed by atoms with Crippen molar-refractivity contribution in [1.82, 2.24) is 10.3 Å². The van der Waals surface area contributed by atoms with Gasteiger partial charge >= 0.3 is 0 Å². The molecule has 0 aliphatic heterocycles. The molecule has 0 atom stereocenters. The summed E-state index contributed by atoms with van der Waals surface area (Å²) in [6.07, 6.45) is 5.56. The van der Waals surface area contributed by atoms with E-state index in [1.165, 1.54) is 12.0 Å². The van der Waals surface area contributed by atoms with Gasteiger partial charge in [-0.2, -0.15) is 0 Å². The van der Waals surface area contributed by atoms with Gasteiger partial charge in [0.25, 0.3) is 11.8 Å². The van der Waals surface area contributed by atoms with Crippen molar-refractivity contribution in [3.05, 3.63) is 59.4 Å². The van der Waals surface area contributed by atoms with E-state index in [0.717, 1.165) is 25.7 Å². The Morgan fingerprint density at radius 2 is 1.56 bits per heavy atom. The third-order valence-corrected chi connectivity index (χ3v) is 4.99. The van der Waals surface area contributed by atoms with Gasteiger partial charge in [0.15, 0.2) is 0 Å². The third kappa shape index (κ3) is 5.16. The number of anilines is 1. The molecule has 142 valence electrons. The Kier molecular flexibility index (Phi) is 6.22. The number of carbonyl (C=O) groups excluding carboxylic acids is 2. The molecule has 1 aliphatic carbocycles. The number of carbonyl (C=O) groups is 2. The summed E-state index contributed by atoms with van der Waals surface area (Å²) in [6, 6.07) is 12.9. The molecule has 27 heavy (non-hydrogen) atoms. The van der Waals surface area contributed by atoms with Gasteiger partial charge in [-0.05, 0) is 48.6 Å². The highest BCUT2D eigenvalue weighted by molar-refractivity contribution is 6.03. The van der Waals surface area contributed by atoms with Crippen LogP contribution in [0.5, 0.6) is 0 Å². The number of amides is 2. The Bertz CT molecular complexity index is 793. The van der Waals surface area contributed by atoms with Gasteiger partial charge in [-0.15, -0.1) is 0 Å². The summed E-state index contributed by atoms with van der Waals surface area (Å²) in [5.74, 6) is -0.0896. The second kappa shape index (κ2) is 8.80. The molecule has 1 saturated carbocycles. The lowest BCUT2D eigenvalue weighted by molar-refractivity contribution is 0.0922. The van der Waals surface area contributed by atoms with Crippen LogP contribution in [0.3, 0.4) is 0 Å². The Balaban J connectivity index is 1.65. The third-order valence-electron chi connectivity index (χ3n) is 4.99. The van der Waals surface area contributed by atoms with Crippen LogP contribution in [0.1, 0.15) is 78.4 Å². The maximum atomic E-state index is 12.5. The highest BCUT2D eigenvalue weighted by atomic mass is 16.2. The summed E-state index contributed by atoms with van der Waals surface area (Å²) in [5, 5.41) is 5.87. The molecule has 0 saturated heterocycles. The number of pyridine rings is 1. The zero-order valence-electron chi connectivity index (χ0n) is 16.0. The van der Waals surface area contributed by atoms with Gasteiger partial charge in [0.2, 0.25) is 0 Å². The largest absolute Gasteiger partial charge is 0.348 e. The molecule has 1 fully saturated rings. The van der Waals surface area contributed by atoms with Gasteiger partial charge in [0.05, 0.1) is 0 Å². The van der Waals surface area contributed by atoms with E-state index in [2.05, 4.69) is 29.5 Å². The summed E-state index contributed by atoms with van der Waals surface area (Å²) < 4.78 is 0. The normalized spacial score (nSPS) is 14.8. The molecule has 2 aromatic rings. The van der Waals surface area contributed by atoms with E-state index in [9.17, 15) is 9.59 Å². The molecule has 2 N–H and O–H groups in total. The molecular weight excluding hydrogens is 338 g/mol. The molecule has 2 amide bonds. The standard InChI is InChI=1S/C22H27N3O2/c1-15(2)16-11-13-18(14-12-16)24-22(27)20-10-6-9-19(25-20)21(26)23-17-7-4-3-5-8-17/h6,9-15,17H,3-5,7-8H2,1-2H3,(H,23,26)(H,24,27). The van der Waals surface area contributed by atoms with Crippen molar-refractivity contribution in [2.45, 2.75) is 57.9 Å². The topological polar surface area (TPSA) is 71.1 Å². The van der Waals surface area contributed by atoms with Crippen molar-refractivity contribution in [3.8, 4) is 0 Å². The van der Waals surface area contributed by atoms with E-state index in [0.29, 0.717) is 11.6 Å². The molecule has 5 nitrogen and oxygen atoms in total. The average Bonchev–Trinajstić information content (AvgIpc) is 2.69. The fraction of sp³-hybridized carbons (Fsp3) is 0.409. The minimum atomic E-state index is -0.320. The zero-order valence-corrected chi connectivity index (χ0v) is 16.0. The molecule has 0 spiro atoms. The van der Waals surface area contributed by atoms with Crippen molar-refractivity contribution in [1.29, 1.82) is 0 Å². The lowest BCUT2D eigenvalue weighted by Crippen LogP contribution is -2.36. The van der Waals surface area contributed by atoms with E-state index in [1.807, 2.05) is 24.3 Å². The summed E-state index contributed by atoms with van der Waals surface area (Å²) >= 11 is 0. The maximum absolute atomic E-state index is 12.5. The minimum Gasteiger partial charge on any atom is -0.348 e. The van der Waals surface area contributed by atoms with E-state index in [-0.39, 0.29) is 29.2 Å². The Labute approximate surface area is 160 Å². The Morgan fingerprint density at radius 1 is 0.926 bits per heavy atom. The first-order valence-corrected chi connectivity index (χ1v) is 9.72. The van der Waals surface area contributed by atoms with Crippen molar-refractivity contribution in [3.63, 3.8) is 0 Å². The fourth-order valence-electron chi connectivity index (χ4n) is 3.34. The maximum Gasteiger partial charge on any atom is 0.274 e. The van der Waals surface area contributed by atoms with Crippen LogP contribution in [0.25, 0.3) is 0 Å². The molecule has 1 aromatic carbocycles. The van der Waals surface area contributed by atoms with Crippen LogP contribution in [0, 0.1) is 0 Å². The molecule has 1 heterocycles. The van der Waals surface area contributed by atoms with Crippen LogP contribution in [0.2, 0.25) is 0 Å². The van der Waals surface area contributed by atoms with Crippen LogP contribution < -0.4 is 10.6 Å².